The molecular formula is C11H15NOS. The Labute approximate surface area is 90.1 Å². The minimum Gasteiger partial charge on any atom is -0.432 e. The van der Waals surface area contributed by atoms with Crippen molar-refractivity contribution in [1.29, 1.82) is 0 Å². The maximum atomic E-state index is 5.26. The van der Waals surface area contributed by atoms with Crippen molar-refractivity contribution in [3.05, 3.63) is 29.8 Å². The predicted molar refractivity (Wildman–Crippen MR) is 62.6 cm³/mol. The van der Waals surface area contributed by atoms with E-state index in [1.54, 1.807) is 0 Å². The van der Waals surface area contributed by atoms with Crippen LogP contribution in [-0.2, 0) is 5.41 Å². The molecule has 0 aliphatic rings. The second-order valence-corrected chi connectivity index (χ2v) is 4.60. The van der Waals surface area contributed by atoms with Gasteiger partial charge in [-0.05, 0) is 35.3 Å². The van der Waals surface area contributed by atoms with Gasteiger partial charge in [-0.2, -0.15) is 0 Å². The van der Waals surface area contributed by atoms with E-state index < -0.39 is 0 Å². The van der Waals surface area contributed by atoms with Gasteiger partial charge in [-0.25, -0.2) is 0 Å². The van der Waals surface area contributed by atoms with Crippen LogP contribution in [0.15, 0.2) is 24.3 Å². The van der Waals surface area contributed by atoms with Gasteiger partial charge in [0.1, 0.15) is 5.75 Å². The highest BCUT2D eigenvalue weighted by molar-refractivity contribution is 7.80. The predicted octanol–water partition coefficient (Wildman–Crippen LogP) is 2.61. The summed E-state index contributed by atoms with van der Waals surface area (Å²) in [5.41, 5.74) is 6.67. The fourth-order valence-corrected chi connectivity index (χ4v) is 1.24. The lowest BCUT2D eigenvalue weighted by atomic mass is 9.87. The molecule has 0 saturated carbocycles. The highest BCUT2D eigenvalue weighted by atomic mass is 32.1. The van der Waals surface area contributed by atoms with Crippen LogP contribution in [0.5, 0.6) is 5.75 Å². The van der Waals surface area contributed by atoms with Crippen molar-refractivity contribution in [2.45, 2.75) is 26.2 Å². The van der Waals surface area contributed by atoms with Crippen LogP contribution in [0.1, 0.15) is 26.3 Å². The minimum atomic E-state index is 0.0495. The zero-order valence-electron chi connectivity index (χ0n) is 8.70. The molecule has 0 heterocycles. The Kier molecular flexibility index (Phi) is 3.11. The van der Waals surface area contributed by atoms with Gasteiger partial charge in [-0.3, -0.25) is 0 Å². The van der Waals surface area contributed by atoms with Crippen molar-refractivity contribution in [3.63, 3.8) is 0 Å². The Bertz CT molecular complexity index is 324. The second kappa shape index (κ2) is 3.96. The van der Waals surface area contributed by atoms with Crippen molar-refractivity contribution < 1.29 is 4.74 Å². The van der Waals surface area contributed by atoms with Gasteiger partial charge in [0, 0.05) is 0 Å². The van der Waals surface area contributed by atoms with Crippen LogP contribution in [0.4, 0.5) is 0 Å². The van der Waals surface area contributed by atoms with E-state index in [1.807, 2.05) is 24.3 Å². The first-order valence-corrected chi connectivity index (χ1v) is 4.88. The maximum Gasteiger partial charge on any atom is 0.259 e. The van der Waals surface area contributed by atoms with E-state index in [2.05, 4.69) is 33.0 Å². The first kappa shape index (κ1) is 11.0. The molecule has 2 nitrogen and oxygen atoms in total. The van der Waals surface area contributed by atoms with Gasteiger partial charge < -0.3 is 10.5 Å². The summed E-state index contributed by atoms with van der Waals surface area (Å²) in [4.78, 5) is 0. The fourth-order valence-electron chi connectivity index (χ4n) is 1.14. The Hall–Kier alpha value is -1.09. The molecule has 1 aromatic rings. The second-order valence-electron chi connectivity index (χ2n) is 4.20. The Morgan fingerprint density at radius 3 is 2.07 bits per heavy atom. The summed E-state index contributed by atoms with van der Waals surface area (Å²) in [6, 6.07) is 7.79. The van der Waals surface area contributed by atoms with Crippen LogP contribution in [-0.4, -0.2) is 5.17 Å². The SMILES string of the molecule is CC(C)(C)c1ccc(OC(N)=S)cc1. The first-order chi connectivity index (χ1) is 6.39. The van der Waals surface area contributed by atoms with E-state index in [1.165, 1.54) is 5.56 Å². The molecule has 0 spiro atoms. The first-order valence-electron chi connectivity index (χ1n) is 4.47. The lowest BCUT2D eigenvalue weighted by molar-refractivity contribution is 0.552. The van der Waals surface area contributed by atoms with E-state index >= 15 is 0 Å². The van der Waals surface area contributed by atoms with Crippen molar-refractivity contribution >= 4 is 17.4 Å². The molecule has 0 amide bonds. The summed E-state index contributed by atoms with van der Waals surface area (Å²) in [6.45, 7) is 6.49. The van der Waals surface area contributed by atoms with Gasteiger partial charge in [0.15, 0.2) is 0 Å². The number of ether oxygens (including phenoxy) is 1. The molecular weight excluding hydrogens is 194 g/mol. The summed E-state index contributed by atoms with van der Waals surface area (Å²) >= 11 is 4.64. The zero-order chi connectivity index (χ0) is 10.8. The van der Waals surface area contributed by atoms with Gasteiger partial charge >= 0.3 is 0 Å². The van der Waals surface area contributed by atoms with Crippen LogP contribution in [0, 0.1) is 0 Å². The minimum absolute atomic E-state index is 0.0495. The standard InChI is InChI=1S/C11H15NOS/c1-11(2,3)8-4-6-9(7-5-8)13-10(12)14/h4-7H,1-3H3,(H2,12,14). The summed E-state index contributed by atoms with van der Waals surface area (Å²) in [7, 11) is 0. The fraction of sp³-hybridized carbons (Fsp3) is 0.364. The van der Waals surface area contributed by atoms with Gasteiger partial charge in [-0.15, -0.1) is 0 Å². The third-order valence-electron chi connectivity index (χ3n) is 1.94. The van der Waals surface area contributed by atoms with Gasteiger partial charge in [0.05, 0.1) is 0 Å². The maximum absolute atomic E-state index is 5.26. The Morgan fingerprint density at radius 1 is 1.21 bits per heavy atom. The number of benzene rings is 1. The Balaban J connectivity index is 2.84. The number of hydrogen-bond acceptors (Lipinski definition) is 2. The molecule has 0 aliphatic carbocycles. The number of thiocarbonyl (C=S) groups is 1. The molecule has 0 unspecified atom stereocenters. The van der Waals surface area contributed by atoms with Crippen LogP contribution in [0.3, 0.4) is 0 Å². The normalized spacial score (nSPS) is 11.1. The van der Waals surface area contributed by atoms with Crippen LogP contribution < -0.4 is 10.5 Å². The van der Waals surface area contributed by atoms with E-state index in [0.717, 1.165) is 0 Å². The smallest absolute Gasteiger partial charge is 0.259 e. The lowest BCUT2D eigenvalue weighted by Crippen LogP contribution is -2.16. The summed E-state index contributed by atoms with van der Waals surface area (Å²) in [5.74, 6) is 0.686. The molecule has 0 saturated heterocycles. The van der Waals surface area contributed by atoms with Crippen LogP contribution >= 0.6 is 12.2 Å². The molecule has 3 heteroatoms. The third kappa shape index (κ3) is 3.00. The van der Waals surface area contributed by atoms with Crippen molar-refractivity contribution in [2.24, 2.45) is 5.73 Å². The average Bonchev–Trinajstić information content (AvgIpc) is 2.02. The lowest BCUT2D eigenvalue weighted by Gasteiger charge is -2.18. The molecule has 2 N–H and O–H groups in total. The largest absolute Gasteiger partial charge is 0.432 e. The Morgan fingerprint density at radius 2 is 1.71 bits per heavy atom. The van der Waals surface area contributed by atoms with Gasteiger partial charge in [0.2, 0.25) is 0 Å². The zero-order valence-corrected chi connectivity index (χ0v) is 9.52. The molecule has 0 aliphatic heterocycles. The molecule has 0 bridgehead atoms. The molecule has 1 aromatic carbocycles. The summed E-state index contributed by atoms with van der Waals surface area (Å²) in [6.07, 6.45) is 0. The van der Waals surface area contributed by atoms with Crippen molar-refractivity contribution in [1.82, 2.24) is 0 Å². The van der Waals surface area contributed by atoms with Crippen LogP contribution in [0.2, 0.25) is 0 Å². The molecule has 76 valence electrons. The molecule has 0 aromatic heterocycles. The number of rotatable bonds is 1. The van der Waals surface area contributed by atoms with Gasteiger partial charge in [-0.1, -0.05) is 32.9 Å². The highest BCUT2D eigenvalue weighted by Gasteiger charge is 2.12. The quantitative estimate of drug-likeness (QED) is 0.722. The molecule has 0 fully saturated rings. The topological polar surface area (TPSA) is 35.2 Å². The molecule has 1 rings (SSSR count). The summed E-state index contributed by atoms with van der Waals surface area (Å²) < 4.78 is 5.09. The van der Waals surface area contributed by atoms with E-state index in [4.69, 9.17) is 10.5 Å². The van der Waals surface area contributed by atoms with Crippen molar-refractivity contribution in [3.8, 4) is 5.75 Å². The van der Waals surface area contributed by atoms with E-state index in [0.29, 0.717) is 5.75 Å². The summed E-state index contributed by atoms with van der Waals surface area (Å²) in [5, 5.41) is 0.0495. The third-order valence-corrected chi connectivity index (χ3v) is 2.02. The van der Waals surface area contributed by atoms with Crippen LogP contribution in [0.25, 0.3) is 0 Å². The van der Waals surface area contributed by atoms with E-state index in [9.17, 15) is 0 Å². The molecule has 0 radical (unpaired) electrons. The average molecular weight is 209 g/mol. The molecule has 0 atom stereocenters. The monoisotopic (exact) mass is 209 g/mol. The number of hydrogen-bond donors (Lipinski definition) is 1. The van der Waals surface area contributed by atoms with Crippen molar-refractivity contribution in [2.75, 3.05) is 0 Å². The highest BCUT2D eigenvalue weighted by Crippen LogP contribution is 2.24. The van der Waals surface area contributed by atoms with E-state index in [-0.39, 0.29) is 10.6 Å². The number of nitrogens with two attached hydrogens (primary N) is 1. The van der Waals surface area contributed by atoms with Gasteiger partial charge in [0.25, 0.3) is 5.17 Å². The molecule has 14 heavy (non-hydrogen) atoms.